The summed E-state index contributed by atoms with van der Waals surface area (Å²) in [6.45, 7) is 9.45. The smallest absolute Gasteiger partial charge is 0.435 e. The van der Waals surface area contributed by atoms with Gasteiger partial charge in [0.05, 0.1) is 10.9 Å². The Morgan fingerprint density at radius 1 is 1.10 bits per heavy atom. The van der Waals surface area contributed by atoms with Crippen LogP contribution in [0.1, 0.15) is 51.8 Å². The third kappa shape index (κ3) is 5.97. The molecule has 2 heterocycles. The van der Waals surface area contributed by atoms with Crippen LogP contribution in [0.5, 0.6) is 0 Å². The van der Waals surface area contributed by atoms with Crippen molar-refractivity contribution in [3.8, 4) is 16.9 Å². The van der Waals surface area contributed by atoms with Gasteiger partial charge in [0.25, 0.3) is 0 Å². The fourth-order valence-corrected chi connectivity index (χ4v) is 5.25. The molecule has 1 fully saturated rings. The second-order valence-corrected chi connectivity index (χ2v) is 12.2. The molecule has 0 spiro atoms. The monoisotopic (exact) mass is 601 g/mol. The van der Waals surface area contributed by atoms with Crippen molar-refractivity contribution in [3.63, 3.8) is 0 Å². The van der Waals surface area contributed by atoms with Gasteiger partial charge in [-0.15, -0.1) is 0 Å². The molecule has 0 bridgehead atoms. The number of ether oxygens (including phenoxy) is 1. The molecule has 4 aromatic rings. The van der Waals surface area contributed by atoms with Crippen molar-refractivity contribution >= 4 is 29.2 Å². The molecule has 1 N–H and O–H groups in total. The Hall–Kier alpha value is -3.99. The molecule has 5 rings (SSSR count). The molecule has 220 valence electrons. The fraction of sp³-hybridized carbons (Fsp3) is 0.333. The summed E-state index contributed by atoms with van der Waals surface area (Å²) in [6, 6.07) is 12.2. The summed E-state index contributed by atoms with van der Waals surface area (Å²) in [5.41, 5.74) is 0.218. The lowest BCUT2D eigenvalue weighted by Gasteiger charge is -2.20. The minimum absolute atomic E-state index is 0.0324. The normalized spacial score (nSPS) is 18.0. The molecule has 1 aliphatic rings. The van der Waals surface area contributed by atoms with Crippen LogP contribution in [0.4, 0.5) is 29.2 Å². The third-order valence-corrected chi connectivity index (χ3v) is 7.38. The van der Waals surface area contributed by atoms with E-state index in [9.17, 15) is 22.4 Å². The van der Waals surface area contributed by atoms with Crippen molar-refractivity contribution in [2.45, 2.75) is 52.3 Å². The summed E-state index contributed by atoms with van der Waals surface area (Å²) in [7, 11) is 0. The van der Waals surface area contributed by atoms with Gasteiger partial charge in [-0.25, -0.2) is 14.1 Å². The van der Waals surface area contributed by atoms with Crippen LogP contribution in [-0.4, -0.2) is 31.3 Å². The Morgan fingerprint density at radius 3 is 2.48 bits per heavy atom. The van der Waals surface area contributed by atoms with E-state index in [1.54, 1.807) is 6.07 Å². The van der Waals surface area contributed by atoms with Gasteiger partial charge in [-0.2, -0.15) is 23.3 Å². The Bertz CT molecular complexity index is 1660. The lowest BCUT2D eigenvalue weighted by molar-refractivity contribution is -0.157. The molecule has 12 heteroatoms. The van der Waals surface area contributed by atoms with Gasteiger partial charge in [-0.05, 0) is 61.6 Å². The van der Waals surface area contributed by atoms with Crippen molar-refractivity contribution in [3.05, 3.63) is 83.0 Å². The largest absolute Gasteiger partial charge is 0.460 e. The second kappa shape index (κ2) is 10.4. The zero-order chi connectivity index (χ0) is 30.6. The Kier molecular flexibility index (Phi) is 7.29. The molecular weight excluding hydrogens is 574 g/mol. The first-order chi connectivity index (χ1) is 19.5. The lowest BCUT2D eigenvalue weighted by atomic mass is 9.99. The molecule has 2 aromatic carbocycles. The first-order valence-corrected chi connectivity index (χ1v) is 13.5. The van der Waals surface area contributed by atoms with Crippen molar-refractivity contribution in [2.75, 3.05) is 5.32 Å². The highest BCUT2D eigenvalue weighted by molar-refractivity contribution is 6.31. The summed E-state index contributed by atoms with van der Waals surface area (Å²) < 4.78 is 60.5. The van der Waals surface area contributed by atoms with Crippen molar-refractivity contribution < 1.29 is 27.1 Å². The summed E-state index contributed by atoms with van der Waals surface area (Å²) in [4.78, 5) is 21.8. The van der Waals surface area contributed by atoms with E-state index in [-0.39, 0.29) is 40.0 Å². The van der Waals surface area contributed by atoms with Gasteiger partial charge < -0.3 is 10.1 Å². The molecule has 7 nitrogen and oxygen atoms in total. The highest BCUT2D eigenvalue weighted by Gasteiger charge is 2.63. The number of hydrogen-bond acceptors (Lipinski definition) is 6. The van der Waals surface area contributed by atoms with Crippen LogP contribution in [0.3, 0.4) is 0 Å². The number of nitrogens with zero attached hydrogens (tertiary/aromatic N) is 4. The Labute approximate surface area is 244 Å². The standard InChI is InChI=1S/C30H28ClF4N5O2/c1-28(2,3)42-26(41)24-23(29(24,4)5)17-8-6-7-16(13-17)19-15-36-27(37-18-9-10-21(32)20(31)14-18)38-25(19)40-12-11-22(39-40)30(33,34)35/h6-15,23-24H,1-5H3,(H,36,37,38)/t23-,24+/m0/s1. The number of rotatable bonds is 6. The van der Waals surface area contributed by atoms with Gasteiger partial charge in [-0.3, -0.25) is 4.79 Å². The maximum Gasteiger partial charge on any atom is 0.435 e. The van der Waals surface area contributed by atoms with Crippen LogP contribution in [0.25, 0.3) is 16.9 Å². The van der Waals surface area contributed by atoms with E-state index in [0.29, 0.717) is 16.8 Å². The van der Waals surface area contributed by atoms with Gasteiger partial charge in [-0.1, -0.05) is 49.7 Å². The number of carbonyl (C=O) groups excluding carboxylic acids is 1. The molecule has 0 radical (unpaired) electrons. The summed E-state index contributed by atoms with van der Waals surface area (Å²) in [5, 5.41) is 6.49. The molecule has 0 aliphatic heterocycles. The predicted octanol–water partition coefficient (Wildman–Crippen LogP) is 7.97. The number of esters is 1. The minimum Gasteiger partial charge on any atom is -0.460 e. The zero-order valence-corrected chi connectivity index (χ0v) is 24.2. The molecule has 0 unspecified atom stereocenters. The number of anilines is 2. The first-order valence-electron chi connectivity index (χ1n) is 13.1. The predicted molar refractivity (Wildman–Crippen MR) is 150 cm³/mol. The maximum absolute atomic E-state index is 13.6. The molecule has 0 amide bonds. The molecule has 2 atom stereocenters. The van der Waals surface area contributed by atoms with E-state index < -0.39 is 23.3 Å². The second-order valence-electron chi connectivity index (χ2n) is 11.8. The third-order valence-electron chi connectivity index (χ3n) is 7.09. The van der Waals surface area contributed by atoms with E-state index in [1.807, 2.05) is 52.8 Å². The molecule has 1 saturated carbocycles. The highest BCUT2D eigenvalue weighted by Crippen LogP contribution is 2.65. The fourth-order valence-electron chi connectivity index (χ4n) is 5.07. The summed E-state index contributed by atoms with van der Waals surface area (Å²) in [5.74, 6) is -1.25. The number of carbonyl (C=O) groups is 1. The SMILES string of the molecule is CC(C)(C)OC(=O)[C@H]1[C@H](c2cccc(-c3cnc(Nc4ccc(F)c(Cl)c4)nc3-n3ccc(C(F)(F)F)n3)c2)C1(C)C. The van der Waals surface area contributed by atoms with E-state index in [2.05, 4.69) is 20.4 Å². The molecule has 1 aliphatic carbocycles. The van der Waals surface area contributed by atoms with Crippen molar-refractivity contribution in [1.82, 2.24) is 19.7 Å². The number of alkyl halides is 3. The summed E-state index contributed by atoms with van der Waals surface area (Å²) >= 11 is 5.88. The van der Waals surface area contributed by atoms with Crippen LogP contribution in [0.2, 0.25) is 5.02 Å². The van der Waals surface area contributed by atoms with E-state index in [4.69, 9.17) is 16.3 Å². The number of halogens is 5. The topological polar surface area (TPSA) is 81.9 Å². The van der Waals surface area contributed by atoms with Crippen LogP contribution in [0, 0.1) is 17.2 Å². The number of aromatic nitrogens is 4. The maximum atomic E-state index is 13.6. The molecule has 42 heavy (non-hydrogen) atoms. The summed E-state index contributed by atoms with van der Waals surface area (Å²) in [6.07, 6.45) is -2.02. The van der Waals surface area contributed by atoms with E-state index in [1.165, 1.54) is 30.6 Å². The van der Waals surface area contributed by atoms with Gasteiger partial charge in [0.1, 0.15) is 11.4 Å². The van der Waals surface area contributed by atoms with E-state index >= 15 is 0 Å². The lowest BCUT2D eigenvalue weighted by Crippen LogP contribution is -2.26. The van der Waals surface area contributed by atoms with Gasteiger partial charge in [0.15, 0.2) is 11.5 Å². The Balaban J connectivity index is 1.54. The first kappa shape index (κ1) is 29.5. The van der Waals surface area contributed by atoms with E-state index in [0.717, 1.165) is 16.3 Å². The van der Waals surface area contributed by atoms with Crippen LogP contribution < -0.4 is 5.32 Å². The van der Waals surface area contributed by atoms with Gasteiger partial charge >= 0.3 is 12.1 Å². The Morgan fingerprint density at radius 2 is 1.83 bits per heavy atom. The zero-order valence-electron chi connectivity index (χ0n) is 23.4. The van der Waals surface area contributed by atoms with Gasteiger partial charge in [0, 0.05) is 29.6 Å². The van der Waals surface area contributed by atoms with Crippen LogP contribution in [-0.2, 0) is 15.7 Å². The quantitative estimate of drug-likeness (QED) is 0.178. The molecule has 0 saturated heterocycles. The van der Waals surface area contributed by atoms with Crippen LogP contribution in [0.15, 0.2) is 60.9 Å². The van der Waals surface area contributed by atoms with Crippen molar-refractivity contribution in [2.24, 2.45) is 11.3 Å². The van der Waals surface area contributed by atoms with Crippen molar-refractivity contribution in [1.29, 1.82) is 0 Å². The van der Waals surface area contributed by atoms with Gasteiger partial charge in [0.2, 0.25) is 5.95 Å². The number of hydrogen-bond donors (Lipinski definition) is 1. The highest BCUT2D eigenvalue weighted by atomic mass is 35.5. The average molecular weight is 602 g/mol. The molecule has 2 aromatic heterocycles. The minimum atomic E-state index is -4.65. The number of benzene rings is 2. The number of nitrogens with one attached hydrogen (secondary N) is 1. The molecular formula is C30H28ClF4N5O2. The average Bonchev–Trinajstić information content (AvgIpc) is 3.20. The van der Waals surface area contributed by atoms with Crippen LogP contribution >= 0.6 is 11.6 Å².